The highest BCUT2D eigenvalue weighted by Crippen LogP contribution is 2.36. The number of hydrogen-bond acceptors (Lipinski definition) is 5. The molecule has 0 aromatic heterocycles. The van der Waals surface area contributed by atoms with Gasteiger partial charge in [0, 0.05) is 13.0 Å². The number of hydrogen-bond donors (Lipinski definition) is 2. The predicted molar refractivity (Wildman–Crippen MR) is 104 cm³/mol. The minimum absolute atomic E-state index is 0.0132. The highest BCUT2D eigenvalue weighted by Gasteiger charge is 2.47. The molecule has 2 fully saturated rings. The molecule has 0 saturated carbocycles. The Bertz CT molecular complexity index is 1030. The Morgan fingerprint density at radius 2 is 1.79 bits per heavy atom. The van der Waals surface area contributed by atoms with Gasteiger partial charge < -0.3 is 14.8 Å². The molecule has 4 rings (SSSR count). The summed E-state index contributed by atoms with van der Waals surface area (Å²) in [6.07, 6.45) is 0.385. The van der Waals surface area contributed by atoms with Gasteiger partial charge in [-0.3, -0.25) is 4.72 Å². The third-order valence-electron chi connectivity index (χ3n) is 4.78. The molecule has 2 saturated heterocycles. The van der Waals surface area contributed by atoms with Crippen molar-refractivity contribution in [2.24, 2.45) is 0 Å². The van der Waals surface area contributed by atoms with Gasteiger partial charge in [-0.05, 0) is 24.3 Å². The van der Waals surface area contributed by atoms with Crippen molar-refractivity contribution in [1.82, 2.24) is 4.31 Å². The summed E-state index contributed by atoms with van der Waals surface area (Å²) in [5, 5.41) is 2.94. The molecule has 0 bridgehead atoms. The van der Waals surface area contributed by atoms with Gasteiger partial charge in [0.2, 0.25) is 0 Å². The number of para-hydroxylation sites is 1. The number of nitrogens with one attached hydrogen (secondary N) is 2. The monoisotopic (exact) mass is 445 g/mol. The van der Waals surface area contributed by atoms with E-state index < -0.39 is 27.6 Å². The molecule has 2 aromatic carbocycles. The summed E-state index contributed by atoms with van der Waals surface area (Å²) in [5.41, 5.74) is -0.228. The number of benzene rings is 2. The summed E-state index contributed by atoms with van der Waals surface area (Å²) in [5.74, 6) is -3.30. The van der Waals surface area contributed by atoms with E-state index in [1.807, 2.05) is 0 Å². The van der Waals surface area contributed by atoms with Crippen LogP contribution in [0.4, 0.5) is 25.8 Å². The molecule has 2 heterocycles. The topological polar surface area (TPSA) is 79.9 Å². The Labute approximate surface area is 171 Å². The largest absolute Gasteiger partial charge is 0.350 e. The summed E-state index contributed by atoms with van der Waals surface area (Å²) in [6.45, 7) is 0.984. The molecule has 2 aromatic rings. The van der Waals surface area contributed by atoms with Crippen LogP contribution < -0.4 is 10.0 Å². The molecular formula is C18H18ClF2N3O4S. The third-order valence-corrected chi connectivity index (χ3v) is 6.58. The molecule has 0 atom stereocenters. The van der Waals surface area contributed by atoms with E-state index >= 15 is 0 Å². The van der Waals surface area contributed by atoms with E-state index in [4.69, 9.17) is 21.1 Å². The second-order valence-electron chi connectivity index (χ2n) is 6.69. The Balaban J connectivity index is 1.61. The van der Waals surface area contributed by atoms with Crippen molar-refractivity contribution < 1.29 is 26.7 Å². The fourth-order valence-electron chi connectivity index (χ4n) is 3.32. The molecule has 0 unspecified atom stereocenters. The van der Waals surface area contributed by atoms with Crippen molar-refractivity contribution in [3.8, 4) is 0 Å². The first kappa shape index (κ1) is 20.3. The van der Waals surface area contributed by atoms with Gasteiger partial charge in [0.25, 0.3) is 0 Å². The zero-order valence-corrected chi connectivity index (χ0v) is 16.7. The predicted octanol–water partition coefficient (Wildman–Crippen LogP) is 3.47. The van der Waals surface area contributed by atoms with Gasteiger partial charge in [0.05, 0.1) is 36.2 Å². The number of anilines is 3. The molecule has 0 amide bonds. The summed E-state index contributed by atoms with van der Waals surface area (Å²) >= 11 is 6.07. The van der Waals surface area contributed by atoms with Crippen molar-refractivity contribution in [2.75, 3.05) is 36.3 Å². The second-order valence-corrected chi connectivity index (χ2v) is 8.76. The maximum Gasteiger partial charge on any atom is 0.301 e. The van der Waals surface area contributed by atoms with E-state index in [1.54, 1.807) is 24.3 Å². The van der Waals surface area contributed by atoms with Gasteiger partial charge in [-0.1, -0.05) is 23.7 Å². The van der Waals surface area contributed by atoms with Crippen molar-refractivity contribution in [3.63, 3.8) is 0 Å². The molecule has 156 valence electrons. The average Bonchev–Trinajstić information content (AvgIpc) is 3.33. The molecule has 2 aliphatic heterocycles. The Hall–Kier alpha value is -1.98. The van der Waals surface area contributed by atoms with Gasteiger partial charge in [0.15, 0.2) is 17.4 Å². The van der Waals surface area contributed by atoms with E-state index in [9.17, 15) is 17.2 Å². The summed E-state index contributed by atoms with van der Waals surface area (Å²) in [4.78, 5) is 0. The lowest BCUT2D eigenvalue weighted by Crippen LogP contribution is -2.39. The standard InChI is InChI=1S/C18H18ClF2N3O4S/c19-12-3-1-2-4-14(12)22-17-15(6-5-13(20)16(17)21)23-29(25,26)24-8-7-18(11-24)27-9-10-28-18/h1-6,22-23H,7-11H2. The number of ether oxygens (including phenoxy) is 2. The second kappa shape index (κ2) is 7.69. The average molecular weight is 446 g/mol. The van der Waals surface area contributed by atoms with Crippen LogP contribution in [0.15, 0.2) is 36.4 Å². The van der Waals surface area contributed by atoms with Crippen LogP contribution in [0.25, 0.3) is 0 Å². The highest BCUT2D eigenvalue weighted by atomic mass is 35.5. The maximum atomic E-state index is 14.5. The first-order valence-corrected chi connectivity index (χ1v) is 10.7. The molecule has 11 heteroatoms. The highest BCUT2D eigenvalue weighted by molar-refractivity contribution is 7.90. The fourth-order valence-corrected chi connectivity index (χ4v) is 4.78. The number of halogens is 3. The van der Waals surface area contributed by atoms with E-state index in [0.717, 1.165) is 16.4 Å². The summed E-state index contributed by atoms with van der Waals surface area (Å²) in [6, 6.07) is 8.44. The maximum absolute atomic E-state index is 14.5. The lowest BCUT2D eigenvalue weighted by molar-refractivity contribution is -0.142. The molecular weight excluding hydrogens is 428 g/mol. The SMILES string of the molecule is O=S(=O)(Nc1ccc(F)c(F)c1Nc1ccccc1Cl)N1CCC2(C1)OCCO2. The van der Waals surface area contributed by atoms with E-state index in [-0.39, 0.29) is 29.5 Å². The third kappa shape index (κ3) is 4.03. The van der Waals surface area contributed by atoms with Gasteiger partial charge in [-0.25, -0.2) is 8.78 Å². The van der Waals surface area contributed by atoms with Crippen LogP contribution in [0.2, 0.25) is 5.02 Å². The van der Waals surface area contributed by atoms with Crippen LogP contribution >= 0.6 is 11.6 Å². The smallest absolute Gasteiger partial charge is 0.301 e. The minimum Gasteiger partial charge on any atom is -0.350 e. The molecule has 2 aliphatic rings. The Kier molecular flexibility index (Phi) is 5.38. The molecule has 7 nitrogen and oxygen atoms in total. The van der Waals surface area contributed by atoms with Crippen LogP contribution in [-0.4, -0.2) is 44.8 Å². The van der Waals surface area contributed by atoms with Crippen molar-refractivity contribution >= 4 is 38.9 Å². The Morgan fingerprint density at radius 3 is 2.52 bits per heavy atom. The van der Waals surface area contributed by atoms with Gasteiger partial charge in [-0.15, -0.1) is 0 Å². The quantitative estimate of drug-likeness (QED) is 0.736. The van der Waals surface area contributed by atoms with E-state index in [1.165, 1.54) is 0 Å². The first-order valence-electron chi connectivity index (χ1n) is 8.85. The van der Waals surface area contributed by atoms with Crippen molar-refractivity contribution in [1.29, 1.82) is 0 Å². The van der Waals surface area contributed by atoms with Crippen LogP contribution in [-0.2, 0) is 19.7 Å². The van der Waals surface area contributed by atoms with Crippen LogP contribution in [0.5, 0.6) is 0 Å². The molecule has 29 heavy (non-hydrogen) atoms. The normalized spacial score (nSPS) is 19.0. The number of rotatable bonds is 5. The lowest BCUT2D eigenvalue weighted by atomic mass is 10.2. The Morgan fingerprint density at radius 1 is 1.07 bits per heavy atom. The van der Waals surface area contributed by atoms with E-state index in [0.29, 0.717) is 25.3 Å². The zero-order valence-electron chi connectivity index (χ0n) is 15.1. The molecule has 0 radical (unpaired) electrons. The van der Waals surface area contributed by atoms with Crippen LogP contribution in [0.3, 0.4) is 0 Å². The zero-order chi connectivity index (χ0) is 20.6. The minimum atomic E-state index is -4.07. The van der Waals surface area contributed by atoms with Crippen LogP contribution in [0.1, 0.15) is 6.42 Å². The summed E-state index contributed by atoms with van der Waals surface area (Å²) < 4.78 is 68.6. The fraction of sp³-hybridized carbons (Fsp3) is 0.333. The van der Waals surface area contributed by atoms with Gasteiger partial charge in [-0.2, -0.15) is 12.7 Å². The van der Waals surface area contributed by atoms with Crippen molar-refractivity contribution in [3.05, 3.63) is 53.1 Å². The van der Waals surface area contributed by atoms with Gasteiger partial charge >= 0.3 is 10.2 Å². The molecule has 1 spiro atoms. The first-order chi connectivity index (χ1) is 13.8. The van der Waals surface area contributed by atoms with E-state index in [2.05, 4.69) is 10.0 Å². The van der Waals surface area contributed by atoms with Crippen molar-refractivity contribution in [2.45, 2.75) is 12.2 Å². The number of nitrogens with zero attached hydrogens (tertiary/aromatic N) is 1. The lowest BCUT2D eigenvalue weighted by Gasteiger charge is -2.23. The molecule has 2 N–H and O–H groups in total. The molecule has 0 aliphatic carbocycles. The van der Waals surface area contributed by atoms with Crippen LogP contribution in [0, 0.1) is 11.6 Å². The summed E-state index contributed by atoms with van der Waals surface area (Å²) in [7, 11) is -4.07. The van der Waals surface area contributed by atoms with Gasteiger partial charge in [0.1, 0.15) is 5.69 Å².